The number of hydrogen-bond donors (Lipinski definition) is 1. The van der Waals surface area contributed by atoms with Gasteiger partial charge >= 0.3 is 0 Å². The fourth-order valence-corrected chi connectivity index (χ4v) is 2.43. The Balaban J connectivity index is 2.89. The van der Waals surface area contributed by atoms with Gasteiger partial charge in [-0.3, -0.25) is 9.59 Å². The van der Waals surface area contributed by atoms with Crippen molar-refractivity contribution in [2.45, 2.75) is 71.5 Å². The fraction of sp³-hybridized carbons (Fsp3) is 0.846. The van der Waals surface area contributed by atoms with Crippen LogP contribution in [0, 0.1) is 0 Å². The van der Waals surface area contributed by atoms with E-state index >= 15 is 0 Å². The van der Waals surface area contributed by atoms with E-state index in [0.717, 1.165) is 25.7 Å². The van der Waals surface area contributed by atoms with Crippen molar-refractivity contribution in [3.8, 4) is 0 Å². The summed E-state index contributed by atoms with van der Waals surface area (Å²) in [5, 5.41) is 2.86. The highest BCUT2D eigenvalue weighted by Gasteiger charge is 2.40. The van der Waals surface area contributed by atoms with Crippen LogP contribution in [0.2, 0.25) is 0 Å². The molecule has 1 aliphatic rings. The molecule has 1 heterocycles. The lowest BCUT2D eigenvalue weighted by Crippen LogP contribution is -2.64. The monoisotopic (exact) mass is 240 g/mol. The van der Waals surface area contributed by atoms with E-state index in [4.69, 9.17) is 0 Å². The van der Waals surface area contributed by atoms with E-state index in [2.05, 4.69) is 5.32 Å². The minimum absolute atomic E-state index is 0.0126. The van der Waals surface area contributed by atoms with Crippen molar-refractivity contribution < 1.29 is 9.59 Å². The smallest absolute Gasteiger partial charge is 0.246 e. The normalized spacial score (nSPS) is 25.4. The summed E-state index contributed by atoms with van der Waals surface area (Å²) < 4.78 is 0. The maximum atomic E-state index is 12.3. The summed E-state index contributed by atoms with van der Waals surface area (Å²) in [5.74, 6) is 0.0958. The Morgan fingerprint density at radius 2 is 1.76 bits per heavy atom. The Hall–Kier alpha value is -1.06. The first kappa shape index (κ1) is 14.0. The molecule has 2 unspecified atom stereocenters. The summed E-state index contributed by atoms with van der Waals surface area (Å²) in [6, 6.07) is -0.506. The molecule has 0 aromatic rings. The minimum Gasteiger partial charge on any atom is -0.343 e. The fourth-order valence-electron chi connectivity index (χ4n) is 2.43. The molecule has 1 rings (SSSR count). The summed E-state index contributed by atoms with van der Waals surface area (Å²) in [5.41, 5.74) is 0. The number of nitrogens with one attached hydrogen (secondary N) is 1. The highest BCUT2D eigenvalue weighted by molar-refractivity contribution is 5.97. The SMILES string of the molecule is CCCC1NC(=O)C(CCC)N(C(C)C)C1=O. The van der Waals surface area contributed by atoms with Gasteiger partial charge in [0.15, 0.2) is 0 Å². The molecule has 17 heavy (non-hydrogen) atoms. The number of carbonyl (C=O) groups is 2. The third-order valence-electron chi connectivity index (χ3n) is 3.20. The van der Waals surface area contributed by atoms with E-state index in [-0.39, 0.29) is 29.9 Å². The lowest BCUT2D eigenvalue weighted by Gasteiger charge is -2.41. The lowest BCUT2D eigenvalue weighted by molar-refractivity contribution is -0.151. The second-order valence-corrected chi connectivity index (χ2v) is 4.99. The quantitative estimate of drug-likeness (QED) is 0.795. The zero-order valence-corrected chi connectivity index (χ0v) is 11.3. The molecule has 1 N–H and O–H groups in total. The Morgan fingerprint density at radius 1 is 1.18 bits per heavy atom. The Kier molecular flexibility index (Phi) is 4.97. The van der Waals surface area contributed by atoms with E-state index in [1.54, 1.807) is 4.90 Å². The predicted molar refractivity (Wildman–Crippen MR) is 67.5 cm³/mol. The molecule has 0 saturated carbocycles. The van der Waals surface area contributed by atoms with Gasteiger partial charge in [0.2, 0.25) is 11.8 Å². The Morgan fingerprint density at radius 3 is 2.24 bits per heavy atom. The molecule has 1 saturated heterocycles. The van der Waals surface area contributed by atoms with Gasteiger partial charge in [-0.25, -0.2) is 0 Å². The molecule has 4 nitrogen and oxygen atoms in total. The Labute approximate surface area is 104 Å². The van der Waals surface area contributed by atoms with Gasteiger partial charge in [-0.2, -0.15) is 0 Å². The van der Waals surface area contributed by atoms with Crippen molar-refractivity contribution in [1.82, 2.24) is 10.2 Å². The number of piperazine rings is 1. The molecule has 98 valence electrons. The van der Waals surface area contributed by atoms with Gasteiger partial charge < -0.3 is 10.2 Å². The van der Waals surface area contributed by atoms with Gasteiger partial charge in [-0.15, -0.1) is 0 Å². The zero-order valence-electron chi connectivity index (χ0n) is 11.3. The largest absolute Gasteiger partial charge is 0.343 e. The van der Waals surface area contributed by atoms with Crippen LogP contribution in [-0.2, 0) is 9.59 Å². The molecule has 0 aromatic heterocycles. The number of nitrogens with zero attached hydrogens (tertiary/aromatic N) is 1. The van der Waals surface area contributed by atoms with Gasteiger partial charge in [-0.05, 0) is 26.7 Å². The first-order valence-corrected chi connectivity index (χ1v) is 6.65. The van der Waals surface area contributed by atoms with Crippen molar-refractivity contribution in [3.05, 3.63) is 0 Å². The summed E-state index contributed by atoms with van der Waals surface area (Å²) in [6.07, 6.45) is 3.29. The molecule has 4 heteroatoms. The van der Waals surface area contributed by atoms with Crippen LogP contribution in [0.15, 0.2) is 0 Å². The topological polar surface area (TPSA) is 49.4 Å². The highest BCUT2D eigenvalue weighted by atomic mass is 16.2. The van der Waals surface area contributed by atoms with Crippen molar-refractivity contribution in [2.75, 3.05) is 0 Å². The average Bonchev–Trinajstić information content (AvgIpc) is 2.25. The standard InChI is InChI=1S/C13H24N2O2/c1-5-7-10-13(17)15(9(3)4)11(8-6-2)12(16)14-10/h9-11H,5-8H2,1-4H3,(H,14,16). The zero-order chi connectivity index (χ0) is 13.0. The van der Waals surface area contributed by atoms with Crippen molar-refractivity contribution >= 4 is 11.8 Å². The van der Waals surface area contributed by atoms with Crippen molar-refractivity contribution in [2.24, 2.45) is 0 Å². The second-order valence-electron chi connectivity index (χ2n) is 4.99. The molecule has 0 spiro atoms. The molecule has 0 bridgehead atoms. The first-order chi connectivity index (χ1) is 8.02. The van der Waals surface area contributed by atoms with Crippen molar-refractivity contribution in [3.63, 3.8) is 0 Å². The van der Waals surface area contributed by atoms with E-state index < -0.39 is 0 Å². The van der Waals surface area contributed by atoms with Gasteiger partial charge in [0.25, 0.3) is 0 Å². The second kappa shape index (κ2) is 6.03. The average molecular weight is 240 g/mol. The van der Waals surface area contributed by atoms with Crippen LogP contribution in [0.5, 0.6) is 0 Å². The molecule has 0 aromatic carbocycles. The summed E-state index contributed by atoms with van der Waals surface area (Å²) in [7, 11) is 0. The first-order valence-electron chi connectivity index (χ1n) is 6.65. The molecule has 2 atom stereocenters. The van der Waals surface area contributed by atoms with Crippen molar-refractivity contribution in [1.29, 1.82) is 0 Å². The van der Waals surface area contributed by atoms with E-state index in [1.165, 1.54) is 0 Å². The minimum atomic E-state index is -0.317. The van der Waals surface area contributed by atoms with Crippen LogP contribution in [0.1, 0.15) is 53.4 Å². The van der Waals surface area contributed by atoms with E-state index in [0.29, 0.717) is 0 Å². The molecule has 1 fully saturated rings. The summed E-state index contributed by atoms with van der Waals surface area (Å²) in [6.45, 7) is 8.01. The van der Waals surface area contributed by atoms with Crippen LogP contribution in [-0.4, -0.2) is 34.8 Å². The maximum absolute atomic E-state index is 12.3. The predicted octanol–water partition coefficient (Wildman–Crippen LogP) is 1.69. The molecule has 0 aliphatic carbocycles. The van der Waals surface area contributed by atoms with E-state index in [9.17, 15) is 9.59 Å². The molecule has 1 aliphatic heterocycles. The number of amides is 2. The third kappa shape index (κ3) is 2.99. The van der Waals surface area contributed by atoms with Crippen LogP contribution in [0.3, 0.4) is 0 Å². The van der Waals surface area contributed by atoms with E-state index in [1.807, 2.05) is 27.7 Å². The van der Waals surface area contributed by atoms with Crippen LogP contribution < -0.4 is 5.32 Å². The van der Waals surface area contributed by atoms with Crippen LogP contribution in [0.4, 0.5) is 0 Å². The third-order valence-corrected chi connectivity index (χ3v) is 3.20. The number of hydrogen-bond acceptors (Lipinski definition) is 2. The van der Waals surface area contributed by atoms with Gasteiger partial charge in [0, 0.05) is 6.04 Å². The molecule has 2 amide bonds. The number of carbonyl (C=O) groups excluding carboxylic acids is 2. The molecular weight excluding hydrogens is 216 g/mol. The summed E-state index contributed by atoms with van der Waals surface area (Å²) in [4.78, 5) is 26.1. The molecular formula is C13H24N2O2. The van der Waals surface area contributed by atoms with Crippen LogP contribution in [0.25, 0.3) is 0 Å². The van der Waals surface area contributed by atoms with Crippen LogP contribution >= 0.6 is 0 Å². The Bertz CT molecular complexity index is 289. The van der Waals surface area contributed by atoms with Gasteiger partial charge in [-0.1, -0.05) is 26.7 Å². The maximum Gasteiger partial charge on any atom is 0.246 e. The highest BCUT2D eigenvalue weighted by Crippen LogP contribution is 2.19. The number of rotatable bonds is 5. The summed E-state index contributed by atoms with van der Waals surface area (Å²) >= 11 is 0. The van der Waals surface area contributed by atoms with Gasteiger partial charge in [0.05, 0.1) is 0 Å². The van der Waals surface area contributed by atoms with Gasteiger partial charge in [0.1, 0.15) is 12.1 Å². The lowest BCUT2D eigenvalue weighted by atomic mass is 9.99. The molecule has 0 radical (unpaired) electrons.